The van der Waals surface area contributed by atoms with Crippen LogP contribution >= 0.6 is 22.6 Å². The molecular weight excluding hydrogens is 327 g/mol. The number of rotatable bonds is 1. The summed E-state index contributed by atoms with van der Waals surface area (Å²) in [7, 11) is 0. The average molecular weight is 342 g/mol. The predicted octanol–water partition coefficient (Wildman–Crippen LogP) is 1.14. The van der Waals surface area contributed by atoms with E-state index in [-0.39, 0.29) is 12.1 Å². The predicted molar refractivity (Wildman–Crippen MR) is 71.8 cm³/mol. The van der Waals surface area contributed by atoms with E-state index in [9.17, 15) is 4.79 Å². The van der Waals surface area contributed by atoms with Crippen LogP contribution in [0.5, 0.6) is 0 Å². The monoisotopic (exact) mass is 342 g/mol. The highest BCUT2D eigenvalue weighted by atomic mass is 123. The van der Waals surface area contributed by atoms with Crippen LogP contribution < -0.4 is 5.32 Å². The number of piperidine rings is 1. The van der Waals surface area contributed by atoms with E-state index in [2.05, 4.69) is 37.9 Å². The molecule has 0 radical (unpaired) electrons. The van der Waals surface area contributed by atoms with Crippen molar-refractivity contribution in [3.8, 4) is 0 Å². The zero-order chi connectivity index (χ0) is 11.8. The van der Waals surface area contributed by atoms with E-state index in [0.29, 0.717) is 0 Å². The van der Waals surface area contributed by atoms with Crippen LogP contribution in [-0.4, -0.2) is 46.4 Å². The maximum Gasteiger partial charge on any atom is 0.342 e. The molecule has 1 N–H and O–H groups in total. The molecule has 0 saturated carbocycles. The molecule has 1 amide bonds. The number of aromatic nitrogens is 2. The third-order valence-electron chi connectivity index (χ3n) is 3.55. The summed E-state index contributed by atoms with van der Waals surface area (Å²) in [5.41, 5.74) is 0. The van der Waals surface area contributed by atoms with Crippen molar-refractivity contribution < 1.29 is 4.79 Å². The van der Waals surface area contributed by atoms with Crippen molar-refractivity contribution >= 4 is 28.6 Å². The van der Waals surface area contributed by atoms with E-state index >= 15 is 0 Å². The summed E-state index contributed by atoms with van der Waals surface area (Å²) in [6, 6.07) is 0.172. The van der Waals surface area contributed by atoms with Crippen LogP contribution in [0.25, 0.3) is 0 Å². The first kappa shape index (κ1) is 11.5. The molecule has 3 rings (SSSR count). The summed E-state index contributed by atoms with van der Waals surface area (Å²) in [4.78, 5) is 14.4. The molecule has 17 heavy (non-hydrogen) atoms. The second-order valence-electron chi connectivity index (χ2n) is 4.90. The molecule has 1 aromatic rings. The highest BCUT2D eigenvalue weighted by Gasteiger charge is 2.33. The summed E-state index contributed by atoms with van der Waals surface area (Å²) in [6.45, 7) is 3.39. The Kier molecular flexibility index (Phi) is 3.08. The molecule has 0 aromatic carbocycles. The number of hydrogen-bond acceptors (Lipinski definition) is 3. The van der Waals surface area contributed by atoms with Gasteiger partial charge in [0.25, 0.3) is 0 Å². The summed E-state index contributed by atoms with van der Waals surface area (Å²) < 4.78 is 2.36. The minimum atomic E-state index is -0.111. The van der Waals surface area contributed by atoms with Gasteiger partial charge in [-0.2, -0.15) is 9.78 Å². The van der Waals surface area contributed by atoms with Gasteiger partial charge >= 0.3 is 6.03 Å². The molecule has 2 fully saturated rings. The molecule has 3 atom stereocenters. The van der Waals surface area contributed by atoms with E-state index in [1.807, 2.05) is 0 Å². The molecular formula is C11H15IN4O. The van der Waals surface area contributed by atoms with Crippen LogP contribution in [0, 0.1) is 9.49 Å². The van der Waals surface area contributed by atoms with Crippen LogP contribution in [0.2, 0.25) is 0 Å². The number of nitrogens with one attached hydrogen (secondary N) is 1. The van der Waals surface area contributed by atoms with E-state index in [4.69, 9.17) is 0 Å². The van der Waals surface area contributed by atoms with Crippen LogP contribution in [0.4, 0.5) is 4.79 Å². The van der Waals surface area contributed by atoms with Crippen LogP contribution in [-0.2, 0) is 0 Å². The van der Waals surface area contributed by atoms with Gasteiger partial charge in [0.15, 0.2) is 0 Å². The van der Waals surface area contributed by atoms with Gasteiger partial charge in [-0.05, 0) is 47.9 Å². The minimum Gasteiger partial charge on any atom is -0.332 e. The van der Waals surface area contributed by atoms with Gasteiger partial charge in [-0.1, -0.05) is 0 Å². The number of fused-ring (bicyclic) bond motifs is 2. The van der Waals surface area contributed by atoms with Crippen molar-refractivity contribution in [2.24, 2.45) is 5.92 Å². The fourth-order valence-electron chi connectivity index (χ4n) is 2.82. The summed E-state index contributed by atoms with van der Waals surface area (Å²) in [5, 5.41) is 7.08. The topological polar surface area (TPSA) is 50.2 Å². The van der Waals surface area contributed by atoms with Gasteiger partial charge < -0.3 is 10.2 Å². The van der Waals surface area contributed by atoms with Crippen LogP contribution in [0.1, 0.15) is 12.8 Å². The summed E-state index contributed by atoms with van der Waals surface area (Å²) >= 11 is 2.15. The maximum absolute atomic E-state index is 11.9. The second-order valence-corrected chi connectivity index (χ2v) is 6.15. The Labute approximate surface area is 114 Å². The molecule has 1 unspecified atom stereocenters. The summed E-state index contributed by atoms with van der Waals surface area (Å²) in [5.74, 6) is 0.770. The minimum absolute atomic E-state index is 0.111. The fraction of sp³-hybridized carbons (Fsp3) is 0.636. The van der Waals surface area contributed by atoms with Crippen molar-refractivity contribution in [1.29, 1.82) is 0 Å². The van der Waals surface area contributed by atoms with Crippen molar-refractivity contribution in [3.05, 3.63) is 16.0 Å². The Morgan fingerprint density at radius 1 is 1.53 bits per heavy atom. The van der Waals surface area contributed by atoms with E-state index in [1.165, 1.54) is 24.2 Å². The molecule has 2 saturated heterocycles. The second kappa shape index (κ2) is 4.56. The highest BCUT2D eigenvalue weighted by molar-refractivity contribution is 14.1. The number of hydrogen-bond donors (Lipinski definition) is 1. The zero-order valence-electron chi connectivity index (χ0n) is 9.47. The number of halogens is 1. The average Bonchev–Trinajstić information content (AvgIpc) is 2.85. The first-order valence-corrected chi connectivity index (χ1v) is 7.02. The SMILES string of the molecule is O=C(N[C@@H]1C[C@H]2CCN(C2)C1)n1cc([123I])cn1. The number of amides is 1. The number of nitrogens with zero attached hydrogens (tertiary/aromatic N) is 3. The number of carbonyl (C=O) groups excluding carboxylic acids is 1. The molecule has 1 aromatic heterocycles. The lowest BCUT2D eigenvalue weighted by molar-refractivity contribution is 0.204. The zero-order valence-corrected chi connectivity index (χ0v) is 11.6. The van der Waals surface area contributed by atoms with Gasteiger partial charge in [-0.3, -0.25) is 0 Å². The Balaban J connectivity index is 1.62. The van der Waals surface area contributed by atoms with Crippen molar-refractivity contribution in [1.82, 2.24) is 20.0 Å². The van der Waals surface area contributed by atoms with Gasteiger partial charge in [0.1, 0.15) is 0 Å². The molecule has 3 heterocycles. The summed E-state index contributed by atoms with van der Waals surface area (Å²) in [6.07, 6.45) is 5.83. The Morgan fingerprint density at radius 3 is 3.12 bits per heavy atom. The standard InChI is InChI=1S/C11H15IN4O/c12-9-4-13-16(6-9)11(17)14-10-3-8-1-2-15(5-8)7-10/h4,6,8,10H,1-3,5,7H2,(H,14,17)/t8-,10-/m1/s1/i12-4. The molecule has 6 heteroatoms. The Morgan fingerprint density at radius 2 is 2.41 bits per heavy atom. The van der Waals surface area contributed by atoms with Gasteiger partial charge in [0.2, 0.25) is 0 Å². The van der Waals surface area contributed by atoms with E-state index in [1.54, 1.807) is 12.4 Å². The molecule has 5 nitrogen and oxygen atoms in total. The fourth-order valence-corrected chi connectivity index (χ4v) is 3.21. The molecule has 92 valence electrons. The Hall–Kier alpha value is -0.630. The first-order valence-electron chi connectivity index (χ1n) is 5.94. The molecule has 0 spiro atoms. The van der Waals surface area contributed by atoms with Crippen LogP contribution in [0.3, 0.4) is 0 Å². The van der Waals surface area contributed by atoms with Gasteiger partial charge in [0, 0.05) is 25.3 Å². The first-order chi connectivity index (χ1) is 8.20. The third kappa shape index (κ3) is 2.47. The van der Waals surface area contributed by atoms with Gasteiger partial charge in [-0.15, -0.1) is 0 Å². The molecule has 2 aliphatic rings. The van der Waals surface area contributed by atoms with Crippen molar-refractivity contribution in [2.75, 3.05) is 19.6 Å². The molecule has 2 bridgehead atoms. The molecule has 2 aliphatic heterocycles. The van der Waals surface area contributed by atoms with Crippen LogP contribution in [0.15, 0.2) is 12.4 Å². The Bertz CT molecular complexity index is 421. The normalized spacial score (nSPS) is 31.5. The number of carbonyl (C=O) groups is 1. The quantitative estimate of drug-likeness (QED) is 0.779. The van der Waals surface area contributed by atoms with Gasteiger partial charge in [-0.25, -0.2) is 4.79 Å². The lowest BCUT2D eigenvalue weighted by Crippen LogP contribution is -2.48. The smallest absolute Gasteiger partial charge is 0.332 e. The third-order valence-corrected chi connectivity index (χ3v) is 4.11. The van der Waals surface area contributed by atoms with Crippen molar-refractivity contribution in [2.45, 2.75) is 18.9 Å². The van der Waals surface area contributed by atoms with Crippen molar-refractivity contribution in [3.63, 3.8) is 0 Å². The van der Waals surface area contributed by atoms with E-state index < -0.39 is 0 Å². The lowest BCUT2D eigenvalue weighted by Gasteiger charge is -2.30. The highest BCUT2D eigenvalue weighted by Crippen LogP contribution is 2.26. The largest absolute Gasteiger partial charge is 0.342 e. The maximum atomic E-state index is 11.9. The lowest BCUT2D eigenvalue weighted by atomic mass is 9.97. The molecule has 0 aliphatic carbocycles. The van der Waals surface area contributed by atoms with Gasteiger partial charge in [0.05, 0.1) is 9.77 Å². The van der Waals surface area contributed by atoms with E-state index in [0.717, 1.165) is 22.5 Å².